The molecule has 4 nitrogen and oxygen atoms in total. The third-order valence-electron chi connectivity index (χ3n) is 4.25. The predicted octanol–water partition coefficient (Wildman–Crippen LogP) is 3.98. The molecule has 1 atom stereocenters. The quantitative estimate of drug-likeness (QED) is 0.597. The van der Waals surface area contributed by atoms with Crippen LogP contribution in [0.5, 0.6) is 5.75 Å². The van der Waals surface area contributed by atoms with Crippen molar-refractivity contribution >= 4 is 5.97 Å². The van der Waals surface area contributed by atoms with Gasteiger partial charge < -0.3 is 9.84 Å². The molecule has 0 aromatic heterocycles. The molecule has 1 N–H and O–H groups in total. The molecule has 0 aliphatic heterocycles. The van der Waals surface area contributed by atoms with E-state index in [-0.39, 0.29) is 0 Å². The summed E-state index contributed by atoms with van der Waals surface area (Å²) in [6.07, 6.45) is 1.70. The topological polar surface area (TPSA) is 49.8 Å². The van der Waals surface area contributed by atoms with Crippen LogP contribution in [0.1, 0.15) is 28.3 Å². The van der Waals surface area contributed by atoms with Crippen LogP contribution in [0.25, 0.3) is 0 Å². The highest BCUT2D eigenvalue weighted by molar-refractivity contribution is 5.76. The van der Waals surface area contributed by atoms with Gasteiger partial charge in [-0.15, -0.1) is 6.58 Å². The number of aliphatic carboxylic acids is 1. The van der Waals surface area contributed by atoms with Crippen molar-refractivity contribution in [1.82, 2.24) is 4.90 Å². The second-order valence-electron chi connectivity index (χ2n) is 6.31. The molecular weight excluding hydrogens is 338 g/mol. The summed E-state index contributed by atoms with van der Waals surface area (Å²) in [6, 6.07) is 12.6. The largest absolute Gasteiger partial charge is 0.496 e. The smallest absolute Gasteiger partial charge is 0.325 e. The first-order valence-electron chi connectivity index (χ1n) is 8.74. The van der Waals surface area contributed by atoms with Gasteiger partial charge in [0.1, 0.15) is 11.8 Å². The Kier molecular flexibility index (Phi) is 7.22. The minimum absolute atomic E-state index is 0.321. The van der Waals surface area contributed by atoms with E-state index in [0.717, 1.165) is 22.4 Å². The standard InChI is InChI=1S/C23H25NO3/c1-5-13-24(14-9-12-19-10-7-6-8-11-19)21(23(25)26)20-15-17(2)22(27-4)18(3)16-20/h5-8,10-11,15-16,21H,1,13-14H2,2-4H3,(H,25,26). The molecule has 0 amide bonds. The number of methoxy groups -OCH3 is 1. The first-order chi connectivity index (χ1) is 13.0. The Morgan fingerprint density at radius 1 is 1.26 bits per heavy atom. The first-order valence-corrected chi connectivity index (χ1v) is 8.74. The van der Waals surface area contributed by atoms with Crippen LogP contribution < -0.4 is 4.74 Å². The SMILES string of the molecule is C=CCN(CC#Cc1ccccc1)C(C(=O)O)c1cc(C)c(OC)c(C)c1. The molecule has 2 aromatic rings. The fourth-order valence-electron chi connectivity index (χ4n) is 3.16. The van der Waals surface area contributed by atoms with Gasteiger partial charge in [-0.05, 0) is 42.7 Å². The van der Waals surface area contributed by atoms with Crippen molar-refractivity contribution in [1.29, 1.82) is 0 Å². The van der Waals surface area contributed by atoms with Gasteiger partial charge in [-0.25, -0.2) is 0 Å². The van der Waals surface area contributed by atoms with Crippen molar-refractivity contribution in [3.8, 4) is 17.6 Å². The predicted molar refractivity (Wildman–Crippen MR) is 108 cm³/mol. The van der Waals surface area contributed by atoms with Gasteiger partial charge in [0, 0.05) is 12.1 Å². The zero-order valence-corrected chi connectivity index (χ0v) is 16.0. The molecule has 0 fully saturated rings. The lowest BCUT2D eigenvalue weighted by atomic mass is 9.99. The zero-order valence-electron chi connectivity index (χ0n) is 16.0. The lowest BCUT2D eigenvalue weighted by Gasteiger charge is -2.27. The van der Waals surface area contributed by atoms with Gasteiger partial charge >= 0.3 is 5.97 Å². The summed E-state index contributed by atoms with van der Waals surface area (Å²) in [5.41, 5.74) is 3.43. The van der Waals surface area contributed by atoms with Crippen LogP contribution in [0.4, 0.5) is 0 Å². The molecule has 2 aromatic carbocycles. The van der Waals surface area contributed by atoms with Crippen LogP contribution in [0.3, 0.4) is 0 Å². The first kappa shape index (κ1) is 20.3. The lowest BCUT2D eigenvalue weighted by molar-refractivity contribution is -0.143. The zero-order chi connectivity index (χ0) is 19.8. The van der Waals surface area contributed by atoms with Crippen molar-refractivity contribution in [2.75, 3.05) is 20.2 Å². The summed E-state index contributed by atoms with van der Waals surface area (Å²) >= 11 is 0. The minimum atomic E-state index is -0.915. The third kappa shape index (κ3) is 5.22. The number of rotatable bonds is 7. The Bertz CT molecular complexity index is 839. The van der Waals surface area contributed by atoms with Crippen LogP contribution in [0.15, 0.2) is 55.1 Å². The van der Waals surface area contributed by atoms with Crippen molar-refractivity contribution in [2.24, 2.45) is 0 Å². The number of carbonyl (C=O) groups is 1. The molecule has 0 spiro atoms. The summed E-state index contributed by atoms with van der Waals surface area (Å²) in [7, 11) is 1.62. The second kappa shape index (κ2) is 9.61. The highest BCUT2D eigenvalue weighted by atomic mass is 16.5. The van der Waals surface area contributed by atoms with Crippen LogP contribution in [0, 0.1) is 25.7 Å². The summed E-state index contributed by atoms with van der Waals surface area (Å²) in [4.78, 5) is 13.9. The molecular formula is C23H25NO3. The van der Waals surface area contributed by atoms with Gasteiger partial charge in [-0.3, -0.25) is 9.69 Å². The highest BCUT2D eigenvalue weighted by Crippen LogP contribution is 2.30. The third-order valence-corrected chi connectivity index (χ3v) is 4.25. The maximum absolute atomic E-state index is 12.1. The van der Waals surface area contributed by atoms with Crippen LogP contribution in [0.2, 0.25) is 0 Å². The average Bonchev–Trinajstić information content (AvgIpc) is 2.62. The van der Waals surface area contributed by atoms with E-state index in [4.69, 9.17) is 4.74 Å². The number of benzene rings is 2. The number of carboxylic acid groups (broad SMARTS) is 1. The van der Waals surface area contributed by atoms with E-state index in [1.165, 1.54) is 0 Å². The normalized spacial score (nSPS) is 11.4. The second-order valence-corrected chi connectivity index (χ2v) is 6.31. The summed E-state index contributed by atoms with van der Waals surface area (Å²) in [5.74, 6) is 6.03. The van der Waals surface area contributed by atoms with Gasteiger partial charge in [-0.1, -0.05) is 48.2 Å². The molecule has 2 rings (SSSR count). The van der Waals surface area contributed by atoms with Gasteiger partial charge in [-0.2, -0.15) is 0 Å². The van der Waals surface area contributed by atoms with E-state index in [2.05, 4.69) is 18.4 Å². The molecule has 0 bridgehead atoms. The fourth-order valence-corrected chi connectivity index (χ4v) is 3.16. The highest BCUT2D eigenvalue weighted by Gasteiger charge is 2.27. The van der Waals surface area contributed by atoms with E-state index in [1.54, 1.807) is 18.1 Å². The summed E-state index contributed by atoms with van der Waals surface area (Å²) in [5, 5.41) is 9.89. The summed E-state index contributed by atoms with van der Waals surface area (Å²) in [6.45, 7) is 8.34. The monoisotopic (exact) mass is 363 g/mol. The molecule has 0 radical (unpaired) electrons. The van der Waals surface area contributed by atoms with Gasteiger partial charge in [0.25, 0.3) is 0 Å². The van der Waals surface area contributed by atoms with Gasteiger partial charge in [0.2, 0.25) is 0 Å². The van der Waals surface area contributed by atoms with Gasteiger partial charge in [0.05, 0.1) is 13.7 Å². The molecule has 0 aliphatic rings. The maximum Gasteiger partial charge on any atom is 0.325 e. The Morgan fingerprint density at radius 3 is 2.41 bits per heavy atom. The Balaban J connectivity index is 2.34. The number of nitrogens with zero attached hydrogens (tertiary/aromatic N) is 1. The van der Waals surface area contributed by atoms with Crippen LogP contribution >= 0.6 is 0 Å². The van der Waals surface area contributed by atoms with Crippen molar-refractivity contribution in [2.45, 2.75) is 19.9 Å². The minimum Gasteiger partial charge on any atom is -0.496 e. The Labute approximate surface area is 161 Å². The van der Waals surface area contributed by atoms with E-state index in [0.29, 0.717) is 18.7 Å². The molecule has 1 unspecified atom stereocenters. The van der Waals surface area contributed by atoms with Crippen molar-refractivity contribution < 1.29 is 14.6 Å². The lowest BCUT2D eigenvalue weighted by Crippen LogP contribution is -2.34. The van der Waals surface area contributed by atoms with Crippen LogP contribution in [-0.2, 0) is 4.79 Å². The average molecular weight is 363 g/mol. The van der Waals surface area contributed by atoms with Gasteiger partial charge in [0.15, 0.2) is 0 Å². The molecule has 0 aliphatic carbocycles. The van der Waals surface area contributed by atoms with E-state index in [1.807, 2.05) is 56.3 Å². The molecule has 140 valence electrons. The van der Waals surface area contributed by atoms with E-state index >= 15 is 0 Å². The Morgan fingerprint density at radius 2 is 1.89 bits per heavy atom. The van der Waals surface area contributed by atoms with E-state index in [9.17, 15) is 9.90 Å². The number of hydrogen-bond donors (Lipinski definition) is 1. The molecule has 27 heavy (non-hydrogen) atoms. The van der Waals surface area contributed by atoms with Crippen molar-refractivity contribution in [3.05, 3.63) is 77.4 Å². The number of carboxylic acids is 1. The van der Waals surface area contributed by atoms with E-state index < -0.39 is 12.0 Å². The fraction of sp³-hybridized carbons (Fsp3) is 0.261. The molecule has 0 saturated heterocycles. The summed E-state index contributed by atoms with van der Waals surface area (Å²) < 4.78 is 5.39. The maximum atomic E-state index is 12.1. The number of aryl methyl sites for hydroxylation is 2. The number of hydrogen-bond acceptors (Lipinski definition) is 3. The molecule has 0 saturated carbocycles. The molecule has 4 heteroatoms. The number of ether oxygens (including phenoxy) is 1. The van der Waals surface area contributed by atoms with Crippen LogP contribution in [-0.4, -0.2) is 36.2 Å². The van der Waals surface area contributed by atoms with Crippen molar-refractivity contribution in [3.63, 3.8) is 0 Å². The Hall–Kier alpha value is -3.03. The molecule has 0 heterocycles.